The highest BCUT2D eigenvalue weighted by atomic mass is 16.4. The molecule has 1 heterocycles. The molecule has 3 amide bonds. The first kappa shape index (κ1) is 23.2. The van der Waals surface area contributed by atoms with Gasteiger partial charge in [-0.15, -0.1) is 0 Å². The lowest BCUT2D eigenvalue weighted by Crippen LogP contribution is -2.50. The number of hydrogen-bond donors (Lipinski definition) is 2. The number of hydrogen-bond acceptors (Lipinski definition) is 4. The quantitative estimate of drug-likeness (QED) is 0.617. The van der Waals surface area contributed by atoms with Gasteiger partial charge in [-0.3, -0.25) is 19.2 Å². The molecule has 0 aromatic heterocycles. The van der Waals surface area contributed by atoms with Gasteiger partial charge in [0.05, 0.1) is 11.1 Å². The van der Waals surface area contributed by atoms with Crippen molar-refractivity contribution in [2.45, 2.75) is 13.3 Å². The Morgan fingerprint density at radius 3 is 2.31 bits per heavy atom. The third-order valence-corrected chi connectivity index (χ3v) is 6.95. The molecule has 2 N–H and O–H groups in total. The van der Waals surface area contributed by atoms with Gasteiger partial charge in [0.2, 0.25) is 5.91 Å². The molecule has 2 atom stereocenters. The summed E-state index contributed by atoms with van der Waals surface area (Å²) in [5.41, 5.74) is 0.902. The molecular weight excluding hydrogens is 456 g/mol. The Labute approximate surface area is 208 Å². The minimum Gasteiger partial charge on any atom is -0.481 e. The molecule has 0 radical (unpaired) electrons. The zero-order valence-electron chi connectivity index (χ0n) is 19.6. The number of para-hydroxylation sites is 1. The van der Waals surface area contributed by atoms with Crippen molar-refractivity contribution in [1.29, 1.82) is 0 Å². The van der Waals surface area contributed by atoms with Crippen molar-refractivity contribution in [2.75, 3.05) is 11.4 Å². The molecule has 2 aromatic rings. The van der Waals surface area contributed by atoms with Crippen molar-refractivity contribution in [3.05, 3.63) is 113 Å². The van der Waals surface area contributed by atoms with Gasteiger partial charge in [0.15, 0.2) is 0 Å². The molecule has 0 saturated heterocycles. The van der Waals surface area contributed by atoms with Crippen LogP contribution in [0.3, 0.4) is 0 Å². The molecular formula is C29H24N2O5. The van der Waals surface area contributed by atoms with Crippen molar-refractivity contribution < 1.29 is 24.3 Å². The van der Waals surface area contributed by atoms with Crippen LogP contribution in [-0.4, -0.2) is 35.3 Å². The number of aliphatic carboxylic acids is 1. The molecule has 2 unspecified atom stereocenters. The largest absolute Gasteiger partial charge is 0.481 e. The second kappa shape index (κ2) is 8.92. The van der Waals surface area contributed by atoms with Crippen molar-refractivity contribution in [1.82, 2.24) is 5.32 Å². The summed E-state index contributed by atoms with van der Waals surface area (Å²) in [5.74, 6) is -3.65. The second-order valence-corrected chi connectivity index (χ2v) is 9.16. The maximum absolute atomic E-state index is 13.5. The molecule has 36 heavy (non-hydrogen) atoms. The Kier molecular flexibility index (Phi) is 5.76. The van der Waals surface area contributed by atoms with Crippen LogP contribution in [0.25, 0.3) is 0 Å². The lowest BCUT2D eigenvalue weighted by atomic mass is 9.61. The Morgan fingerprint density at radius 2 is 1.64 bits per heavy atom. The number of allylic oxidation sites excluding steroid dienone is 2. The molecule has 180 valence electrons. The van der Waals surface area contributed by atoms with Gasteiger partial charge in [-0.1, -0.05) is 66.8 Å². The zero-order valence-corrected chi connectivity index (χ0v) is 19.6. The van der Waals surface area contributed by atoms with Gasteiger partial charge >= 0.3 is 5.97 Å². The van der Waals surface area contributed by atoms with Gasteiger partial charge in [-0.05, 0) is 42.7 Å². The van der Waals surface area contributed by atoms with Crippen LogP contribution in [-0.2, 0) is 25.6 Å². The first-order chi connectivity index (χ1) is 17.3. The van der Waals surface area contributed by atoms with Crippen LogP contribution in [0.5, 0.6) is 0 Å². The van der Waals surface area contributed by atoms with E-state index in [1.165, 1.54) is 31.2 Å². The lowest BCUT2D eigenvalue weighted by molar-refractivity contribution is -0.147. The average Bonchev–Trinajstić information content (AvgIpc) is 2.89. The highest BCUT2D eigenvalue weighted by Gasteiger charge is 2.53. The topological polar surface area (TPSA) is 104 Å². The van der Waals surface area contributed by atoms with E-state index in [2.05, 4.69) is 5.32 Å². The fraction of sp³-hybridized carbons (Fsp3) is 0.172. The molecule has 2 aromatic carbocycles. The SMILES string of the molecule is CC1(C(=O)O)C=CC2=C3C(=CC=C(C(=O)NCCc4ccccc4)C31)C(=O)N(c1ccccc1)C2=O. The number of nitrogens with zero attached hydrogens (tertiary/aromatic N) is 1. The molecule has 2 aliphatic carbocycles. The summed E-state index contributed by atoms with van der Waals surface area (Å²) in [6, 6.07) is 18.3. The molecule has 5 rings (SSSR count). The predicted molar refractivity (Wildman–Crippen MR) is 134 cm³/mol. The molecule has 0 spiro atoms. The summed E-state index contributed by atoms with van der Waals surface area (Å²) in [4.78, 5) is 53.8. The van der Waals surface area contributed by atoms with Crippen LogP contribution in [0.15, 0.2) is 107 Å². The summed E-state index contributed by atoms with van der Waals surface area (Å²) in [6.45, 7) is 1.86. The number of rotatable bonds is 6. The highest BCUT2D eigenvalue weighted by Crippen LogP contribution is 2.51. The van der Waals surface area contributed by atoms with Crippen LogP contribution in [0, 0.1) is 11.3 Å². The number of carboxylic acid groups (broad SMARTS) is 1. The summed E-state index contributed by atoms with van der Waals surface area (Å²) in [6.07, 6.45) is 6.55. The Bertz CT molecular complexity index is 1400. The van der Waals surface area contributed by atoms with Gasteiger partial charge < -0.3 is 10.4 Å². The lowest BCUT2D eigenvalue weighted by Gasteiger charge is -2.43. The monoisotopic (exact) mass is 480 g/mol. The Morgan fingerprint density at radius 1 is 0.972 bits per heavy atom. The normalized spacial score (nSPS) is 22.6. The van der Waals surface area contributed by atoms with Crippen LogP contribution in [0.2, 0.25) is 0 Å². The van der Waals surface area contributed by atoms with Crippen LogP contribution in [0.1, 0.15) is 12.5 Å². The van der Waals surface area contributed by atoms with Gasteiger partial charge in [-0.25, -0.2) is 4.90 Å². The molecule has 7 heteroatoms. The van der Waals surface area contributed by atoms with E-state index in [1.54, 1.807) is 30.3 Å². The maximum Gasteiger partial charge on any atom is 0.314 e. The summed E-state index contributed by atoms with van der Waals surface area (Å²) >= 11 is 0. The van der Waals surface area contributed by atoms with Crippen LogP contribution < -0.4 is 10.2 Å². The van der Waals surface area contributed by atoms with Gasteiger partial charge in [0.1, 0.15) is 0 Å². The van der Waals surface area contributed by atoms with E-state index >= 15 is 0 Å². The molecule has 7 nitrogen and oxygen atoms in total. The number of benzene rings is 2. The minimum atomic E-state index is -1.52. The van der Waals surface area contributed by atoms with Crippen molar-refractivity contribution >= 4 is 29.4 Å². The summed E-state index contributed by atoms with van der Waals surface area (Å²) < 4.78 is 0. The molecule has 1 aliphatic heterocycles. The Hall–Kier alpha value is -4.52. The van der Waals surface area contributed by atoms with Gasteiger partial charge in [0, 0.05) is 29.2 Å². The van der Waals surface area contributed by atoms with E-state index in [-0.39, 0.29) is 16.7 Å². The highest BCUT2D eigenvalue weighted by molar-refractivity contribution is 6.32. The molecule has 0 bridgehead atoms. The van der Waals surface area contributed by atoms with E-state index in [4.69, 9.17) is 0 Å². The van der Waals surface area contributed by atoms with Crippen molar-refractivity contribution in [2.24, 2.45) is 11.3 Å². The van der Waals surface area contributed by atoms with Crippen molar-refractivity contribution in [3.63, 3.8) is 0 Å². The number of anilines is 1. The summed E-state index contributed by atoms with van der Waals surface area (Å²) in [7, 11) is 0. The van der Waals surface area contributed by atoms with Crippen molar-refractivity contribution in [3.8, 4) is 0 Å². The number of carbonyl (C=O) groups excluding carboxylic acids is 3. The van der Waals surface area contributed by atoms with E-state index in [9.17, 15) is 24.3 Å². The summed E-state index contributed by atoms with van der Waals surface area (Å²) in [5, 5.41) is 13.0. The van der Waals surface area contributed by atoms with Crippen LogP contribution in [0.4, 0.5) is 5.69 Å². The number of nitrogens with one attached hydrogen (secondary N) is 1. The molecule has 3 aliphatic rings. The van der Waals surface area contributed by atoms with E-state index in [0.717, 1.165) is 10.5 Å². The smallest absolute Gasteiger partial charge is 0.314 e. The van der Waals surface area contributed by atoms with Gasteiger partial charge in [-0.2, -0.15) is 0 Å². The second-order valence-electron chi connectivity index (χ2n) is 9.16. The third kappa shape index (κ3) is 3.69. The van der Waals surface area contributed by atoms with E-state index in [1.807, 2.05) is 30.3 Å². The average molecular weight is 481 g/mol. The maximum atomic E-state index is 13.5. The molecule has 0 saturated carbocycles. The molecule has 0 fully saturated rings. The fourth-order valence-corrected chi connectivity index (χ4v) is 5.02. The number of amides is 3. The number of imide groups is 1. The fourth-order valence-electron chi connectivity index (χ4n) is 5.02. The first-order valence-electron chi connectivity index (χ1n) is 11.7. The third-order valence-electron chi connectivity index (χ3n) is 6.95. The minimum absolute atomic E-state index is 0.210. The first-order valence-corrected chi connectivity index (χ1v) is 11.7. The van der Waals surface area contributed by atoms with E-state index in [0.29, 0.717) is 24.2 Å². The van der Waals surface area contributed by atoms with E-state index < -0.39 is 35.0 Å². The predicted octanol–water partition coefficient (Wildman–Crippen LogP) is 3.36. The zero-order chi connectivity index (χ0) is 25.4. The Balaban J connectivity index is 1.54. The van der Waals surface area contributed by atoms with Crippen LogP contribution >= 0.6 is 0 Å². The number of carbonyl (C=O) groups is 4. The standard InChI is InChI=1S/C29H24N2O5/c1-29(28(35)36)16-14-21-23-20(26(33)31(27(21)34)19-10-6-3-7-11-19)12-13-22(24(23)29)25(32)30-17-15-18-8-4-2-5-9-18/h2-14,16,24H,15,17H2,1H3,(H,30,32)(H,35,36). The van der Waals surface area contributed by atoms with Gasteiger partial charge in [0.25, 0.3) is 11.8 Å². The number of carboxylic acids is 1.